The van der Waals surface area contributed by atoms with Gasteiger partial charge in [0.05, 0.1) is 7.11 Å². The summed E-state index contributed by atoms with van der Waals surface area (Å²) in [6, 6.07) is 20.4. The van der Waals surface area contributed by atoms with E-state index in [1.807, 2.05) is 42.5 Å². The molecule has 0 radical (unpaired) electrons. The molecule has 0 saturated heterocycles. The number of methoxy groups -OCH3 is 1. The van der Waals surface area contributed by atoms with Gasteiger partial charge in [-0.2, -0.15) is 0 Å². The summed E-state index contributed by atoms with van der Waals surface area (Å²) in [4.78, 5) is 0. The van der Waals surface area contributed by atoms with E-state index < -0.39 is 0 Å². The van der Waals surface area contributed by atoms with Gasteiger partial charge in [-0.1, -0.05) is 52.3 Å². The molecule has 3 aromatic carbocycles. The smallest absolute Gasteiger partial charge is 0.129 e. The minimum Gasteiger partial charge on any atom is -0.496 e. The van der Waals surface area contributed by atoms with Gasteiger partial charge in [0, 0.05) is 34.3 Å². The number of benzene rings is 3. The standard InChI is InChI=1S/C22H21BrFNO2.ClH/c1-26-21-9-5-3-6-16(21)13-25-14-18-12-19(23)10-11-22(18)27-15-17-7-2-4-8-20(17)24;/h2-12,25H,13-15H2,1H3;1H. The lowest BCUT2D eigenvalue weighted by molar-refractivity contribution is 0.296. The van der Waals surface area contributed by atoms with Crippen molar-refractivity contribution in [3.8, 4) is 11.5 Å². The molecule has 1 N–H and O–H groups in total. The lowest BCUT2D eigenvalue weighted by atomic mass is 10.1. The zero-order valence-electron chi connectivity index (χ0n) is 15.5. The molecule has 28 heavy (non-hydrogen) atoms. The van der Waals surface area contributed by atoms with Crippen LogP contribution < -0.4 is 14.8 Å². The third kappa shape index (κ3) is 5.96. The molecule has 0 fully saturated rings. The van der Waals surface area contributed by atoms with Crippen LogP contribution in [0.5, 0.6) is 11.5 Å². The van der Waals surface area contributed by atoms with Crippen molar-refractivity contribution in [3.63, 3.8) is 0 Å². The van der Waals surface area contributed by atoms with Gasteiger partial charge in [-0.25, -0.2) is 4.39 Å². The van der Waals surface area contributed by atoms with Crippen LogP contribution in [0.25, 0.3) is 0 Å². The third-order valence-electron chi connectivity index (χ3n) is 4.19. The van der Waals surface area contributed by atoms with E-state index in [1.165, 1.54) is 6.07 Å². The van der Waals surface area contributed by atoms with Crippen LogP contribution in [0.2, 0.25) is 0 Å². The molecule has 0 bridgehead atoms. The van der Waals surface area contributed by atoms with Crippen LogP contribution in [-0.2, 0) is 19.7 Å². The highest BCUT2D eigenvalue weighted by molar-refractivity contribution is 9.10. The van der Waals surface area contributed by atoms with Crippen LogP contribution in [0, 0.1) is 5.82 Å². The maximum atomic E-state index is 13.8. The van der Waals surface area contributed by atoms with E-state index in [9.17, 15) is 4.39 Å². The van der Waals surface area contributed by atoms with E-state index in [0.29, 0.717) is 18.7 Å². The zero-order valence-corrected chi connectivity index (χ0v) is 17.9. The van der Waals surface area contributed by atoms with Crippen molar-refractivity contribution in [1.82, 2.24) is 5.32 Å². The summed E-state index contributed by atoms with van der Waals surface area (Å²) in [6.07, 6.45) is 0. The predicted molar refractivity (Wildman–Crippen MR) is 116 cm³/mol. The molecule has 0 aromatic heterocycles. The van der Waals surface area contributed by atoms with Crippen molar-refractivity contribution in [1.29, 1.82) is 0 Å². The Kier molecular flexibility index (Phi) is 8.77. The maximum Gasteiger partial charge on any atom is 0.129 e. The van der Waals surface area contributed by atoms with Gasteiger partial charge >= 0.3 is 0 Å². The summed E-state index contributed by atoms with van der Waals surface area (Å²) in [7, 11) is 1.67. The molecule has 3 nitrogen and oxygen atoms in total. The first-order chi connectivity index (χ1) is 13.2. The summed E-state index contributed by atoms with van der Waals surface area (Å²) in [5, 5.41) is 3.41. The molecular weight excluding hydrogens is 445 g/mol. The van der Waals surface area contributed by atoms with Crippen molar-refractivity contribution in [3.05, 3.63) is 93.7 Å². The van der Waals surface area contributed by atoms with E-state index in [4.69, 9.17) is 9.47 Å². The average molecular weight is 467 g/mol. The number of halogens is 3. The fourth-order valence-corrected chi connectivity index (χ4v) is 3.19. The molecule has 0 heterocycles. The Morgan fingerprint density at radius 2 is 1.54 bits per heavy atom. The van der Waals surface area contributed by atoms with Crippen molar-refractivity contribution in [2.24, 2.45) is 0 Å². The summed E-state index contributed by atoms with van der Waals surface area (Å²) in [6.45, 7) is 1.47. The summed E-state index contributed by atoms with van der Waals surface area (Å²) < 4.78 is 26.0. The van der Waals surface area contributed by atoms with Crippen molar-refractivity contribution >= 4 is 28.3 Å². The molecule has 3 rings (SSSR count). The van der Waals surface area contributed by atoms with Crippen LogP contribution in [0.4, 0.5) is 4.39 Å². The van der Waals surface area contributed by atoms with Crippen LogP contribution in [0.1, 0.15) is 16.7 Å². The summed E-state index contributed by atoms with van der Waals surface area (Å²) >= 11 is 3.50. The topological polar surface area (TPSA) is 30.5 Å². The highest BCUT2D eigenvalue weighted by Crippen LogP contribution is 2.25. The number of nitrogens with one attached hydrogen (secondary N) is 1. The molecule has 0 saturated carbocycles. The van der Waals surface area contributed by atoms with Crippen molar-refractivity contribution in [2.75, 3.05) is 7.11 Å². The van der Waals surface area contributed by atoms with E-state index in [0.717, 1.165) is 27.1 Å². The molecule has 3 aromatic rings. The highest BCUT2D eigenvalue weighted by atomic mass is 79.9. The lowest BCUT2D eigenvalue weighted by Gasteiger charge is -2.14. The fraction of sp³-hybridized carbons (Fsp3) is 0.182. The van der Waals surface area contributed by atoms with Gasteiger partial charge in [-0.05, 0) is 30.3 Å². The Morgan fingerprint density at radius 3 is 2.29 bits per heavy atom. The molecule has 0 aliphatic rings. The van der Waals surface area contributed by atoms with Crippen LogP contribution in [-0.4, -0.2) is 7.11 Å². The van der Waals surface area contributed by atoms with Gasteiger partial charge in [0.25, 0.3) is 0 Å². The predicted octanol–water partition coefficient (Wildman–Crippen LogP) is 5.89. The van der Waals surface area contributed by atoms with Gasteiger partial charge in [-0.15, -0.1) is 12.4 Å². The molecule has 148 valence electrons. The SMILES string of the molecule is COc1ccccc1CNCc1cc(Br)ccc1OCc1ccccc1F.Cl. The molecule has 0 aliphatic carbocycles. The second kappa shape index (κ2) is 11.1. The van der Waals surface area contributed by atoms with E-state index >= 15 is 0 Å². The van der Waals surface area contributed by atoms with Gasteiger partial charge in [0.2, 0.25) is 0 Å². The average Bonchev–Trinajstić information content (AvgIpc) is 2.69. The quantitative estimate of drug-likeness (QED) is 0.449. The molecule has 0 spiro atoms. The number of para-hydroxylation sites is 1. The van der Waals surface area contributed by atoms with Gasteiger partial charge in [0.15, 0.2) is 0 Å². The van der Waals surface area contributed by atoms with E-state index in [2.05, 4.69) is 21.2 Å². The Hall–Kier alpha value is -2.08. The largest absolute Gasteiger partial charge is 0.496 e. The first kappa shape index (κ1) is 22.2. The third-order valence-corrected chi connectivity index (χ3v) is 4.68. The summed E-state index contributed by atoms with van der Waals surface area (Å²) in [5.74, 6) is 1.33. The van der Waals surface area contributed by atoms with Crippen molar-refractivity contribution in [2.45, 2.75) is 19.7 Å². The molecule has 0 aliphatic heterocycles. The number of hydrogen-bond acceptors (Lipinski definition) is 3. The molecular formula is C22H22BrClFNO2. The minimum atomic E-state index is -0.259. The van der Waals surface area contributed by atoms with Gasteiger partial charge < -0.3 is 14.8 Å². The fourth-order valence-electron chi connectivity index (χ4n) is 2.78. The minimum absolute atomic E-state index is 0. The lowest BCUT2D eigenvalue weighted by Crippen LogP contribution is -2.14. The number of ether oxygens (including phenoxy) is 2. The molecule has 0 atom stereocenters. The van der Waals surface area contributed by atoms with Gasteiger partial charge in [0.1, 0.15) is 23.9 Å². The zero-order chi connectivity index (χ0) is 19.1. The normalized spacial score (nSPS) is 10.2. The van der Waals surface area contributed by atoms with E-state index in [-0.39, 0.29) is 24.8 Å². The second-order valence-electron chi connectivity index (χ2n) is 6.05. The maximum absolute atomic E-state index is 13.8. The Morgan fingerprint density at radius 1 is 0.857 bits per heavy atom. The number of hydrogen-bond donors (Lipinski definition) is 1. The van der Waals surface area contributed by atoms with Crippen LogP contribution in [0.15, 0.2) is 71.2 Å². The van der Waals surface area contributed by atoms with Gasteiger partial charge in [-0.3, -0.25) is 0 Å². The number of rotatable bonds is 8. The Balaban J connectivity index is 0.00000280. The monoisotopic (exact) mass is 465 g/mol. The second-order valence-corrected chi connectivity index (χ2v) is 6.96. The Bertz CT molecular complexity index is 907. The summed E-state index contributed by atoms with van der Waals surface area (Å²) in [5.41, 5.74) is 2.62. The first-order valence-corrected chi connectivity index (χ1v) is 9.44. The first-order valence-electron chi connectivity index (χ1n) is 8.64. The highest BCUT2D eigenvalue weighted by Gasteiger charge is 2.08. The van der Waals surface area contributed by atoms with E-state index in [1.54, 1.807) is 25.3 Å². The molecule has 6 heteroatoms. The van der Waals surface area contributed by atoms with Crippen LogP contribution in [0.3, 0.4) is 0 Å². The van der Waals surface area contributed by atoms with Crippen LogP contribution >= 0.6 is 28.3 Å². The van der Waals surface area contributed by atoms with Crippen molar-refractivity contribution < 1.29 is 13.9 Å². The Labute approximate surface area is 179 Å². The molecule has 0 amide bonds. The molecule has 0 unspecified atom stereocenters.